The molecule has 0 aromatic carbocycles. The first-order chi connectivity index (χ1) is 8.86. The summed E-state index contributed by atoms with van der Waals surface area (Å²) in [6.45, 7) is 4.23. The molecule has 0 amide bonds. The third kappa shape index (κ3) is 7.10. The fraction of sp³-hybridized carbons (Fsp3) is 0.647. The van der Waals surface area contributed by atoms with Crippen molar-refractivity contribution in [1.29, 1.82) is 0 Å². The Balaban J connectivity index is 2.09. The minimum atomic E-state index is 1.04. The van der Waals surface area contributed by atoms with Crippen LogP contribution >= 0.6 is 11.8 Å². The molecule has 0 spiro atoms. The van der Waals surface area contributed by atoms with Gasteiger partial charge in [0.2, 0.25) is 0 Å². The SMILES string of the molecule is C/C=C\C=C/CS/C(=C\C)CCCC1CCCC1. The van der Waals surface area contributed by atoms with Crippen molar-refractivity contribution in [3.8, 4) is 0 Å². The monoisotopic (exact) mass is 264 g/mol. The summed E-state index contributed by atoms with van der Waals surface area (Å²) in [5.74, 6) is 2.15. The summed E-state index contributed by atoms with van der Waals surface area (Å²) in [5.41, 5.74) is 0. The summed E-state index contributed by atoms with van der Waals surface area (Å²) in [4.78, 5) is 1.57. The van der Waals surface area contributed by atoms with E-state index in [9.17, 15) is 0 Å². The second-order valence-corrected chi connectivity index (χ2v) is 6.21. The summed E-state index contributed by atoms with van der Waals surface area (Å²) in [7, 11) is 0. The number of rotatable bonds is 8. The zero-order valence-electron chi connectivity index (χ0n) is 12.0. The molecule has 102 valence electrons. The van der Waals surface area contributed by atoms with E-state index >= 15 is 0 Å². The third-order valence-corrected chi connectivity index (χ3v) is 4.81. The first kappa shape index (κ1) is 15.6. The topological polar surface area (TPSA) is 0 Å². The molecule has 1 aliphatic rings. The Bertz CT molecular complexity index is 280. The van der Waals surface area contributed by atoms with E-state index in [-0.39, 0.29) is 0 Å². The highest BCUT2D eigenvalue weighted by molar-refractivity contribution is 8.03. The molecule has 1 fully saturated rings. The van der Waals surface area contributed by atoms with Crippen molar-refractivity contribution < 1.29 is 0 Å². The van der Waals surface area contributed by atoms with E-state index in [1.807, 2.05) is 11.8 Å². The summed E-state index contributed by atoms with van der Waals surface area (Å²) < 4.78 is 0. The molecule has 0 nitrogen and oxygen atoms in total. The zero-order chi connectivity index (χ0) is 13.1. The molecular weight excluding hydrogens is 236 g/mol. The number of hydrogen-bond acceptors (Lipinski definition) is 1. The van der Waals surface area contributed by atoms with Gasteiger partial charge in [0.15, 0.2) is 0 Å². The largest absolute Gasteiger partial charge is 0.127 e. The number of hydrogen-bond donors (Lipinski definition) is 0. The zero-order valence-corrected chi connectivity index (χ0v) is 12.8. The van der Waals surface area contributed by atoms with E-state index in [0.29, 0.717) is 0 Å². The number of thioether (sulfide) groups is 1. The summed E-state index contributed by atoms with van der Waals surface area (Å²) >= 11 is 1.99. The lowest BCUT2D eigenvalue weighted by Gasteiger charge is -2.09. The van der Waals surface area contributed by atoms with Crippen molar-refractivity contribution >= 4 is 11.8 Å². The van der Waals surface area contributed by atoms with Crippen LogP contribution in [0.5, 0.6) is 0 Å². The molecule has 1 rings (SSSR count). The smallest absolute Gasteiger partial charge is 0.0160 e. The molecule has 1 heteroatoms. The van der Waals surface area contributed by atoms with Gasteiger partial charge in [-0.1, -0.05) is 62.5 Å². The van der Waals surface area contributed by atoms with E-state index in [2.05, 4.69) is 44.2 Å². The predicted molar refractivity (Wildman–Crippen MR) is 86.0 cm³/mol. The van der Waals surface area contributed by atoms with Gasteiger partial charge < -0.3 is 0 Å². The van der Waals surface area contributed by atoms with Gasteiger partial charge in [0.25, 0.3) is 0 Å². The molecule has 0 heterocycles. The van der Waals surface area contributed by atoms with Gasteiger partial charge in [-0.05, 0) is 37.5 Å². The van der Waals surface area contributed by atoms with Crippen molar-refractivity contribution in [3.63, 3.8) is 0 Å². The molecule has 0 aromatic heterocycles. The lowest BCUT2D eigenvalue weighted by Crippen LogP contribution is -1.93. The van der Waals surface area contributed by atoms with Gasteiger partial charge in [0, 0.05) is 5.75 Å². The van der Waals surface area contributed by atoms with Crippen molar-refractivity contribution in [2.24, 2.45) is 5.92 Å². The molecule has 0 radical (unpaired) electrons. The highest BCUT2D eigenvalue weighted by atomic mass is 32.2. The maximum absolute atomic E-state index is 2.29. The minimum Gasteiger partial charge on any atom is -0.127 e. The van der Waals surface area contributed by atoms with Crippen LogP contribution in [0.25, 0.3) is 0 Å². The minimum absolute atomic E-state index is 1.04. The Labute approximate surface area is 118 Å². The van der Waals surface area contributed by atoms with Crippen LogP contribution in [0.4, 0.5) is 0 Å². The van der Waals surface area contributed by atoms with Gasteiger partial charge in [-0.25, -0.2) is 0 Å². The molecule has 0 aromatic rings. The van der Waals surface area contributed by atoms with Gasteiger partial charge >= 0.3 is 0 Å². The third-order valence-electron chi connectivity index (χ3n) is 3.64. The molecule has 1 saturated carbocycles. The highest BCUT2D eigenvalue weighted by Gasteiger charge is 2.14. The Morgan fingerprint density at radius 3 is 2.61 bits per heavy atom. The van der Waals surface area contributed by atoms with Crippen molar-refractivity contribution in [3.05, 3.63) is 35.3 Å². The molecule has 0 saturated heterocycles. The molecule has 1 aliphatic carbocycles. The molecule has 18 heavy (non-hydrogen) atoms. The van der Waals surface area contributed by atoms with Crippen LogP contribution in [0.1, 0.15) is 58.8 Å². The molecule has 0 unspecified atom stereocenters. The fourth-order valence-electron chi connectivity index (χ4n) is 2.56. The van der Waals surface area contributed by atoms with E-state index in [4.69, 9.17) is 0 Å². The normalized spacial score (nSPS) is 18.4. The van der Waals surface area contributed by atoms with Crippen LogP contribution in [0, 0.1) is 5.92 Å². The average Bonchev–Trinajstić information content (AvgIpc) is 2.89. The summed E-state index contributed by atoms with van der Waals surface area (Å²) in [5, 5.41) is 0. The van der Waals surface area contributed by atoms with E-state index in [1.54, 1.807) is 4.91 Å². The van der Waals surface area contributed by atoms with Crippen molar-refractivity contribution in [2.45, 2.75) is 58.8 Å². The van der Waals surface area contributed by atoms with Gasteiger partial charge in [0.1, 0.15) is 0 Å². The Morgan fingerprint density at radius 2 is 1.94 bits per heavy atom. The van der Waals surface area contributed by atoms with Gasteiger partial charge in [-0.2, -0.15) is 0 Å². The van der Waals surface area contributed by atoms with Gasteiger partial charge in [-0.15, -0.1) is 11.8 Å². The van der Waals surface area contributed by atoms with Gasteiger partial charge in [-0.3, -0.25) is 0 Å². The maximum atomic E-state index is 2.29. The Hall–Kier alpha value is -0.430. The molecular formula is C17H28S. The first-order valence-corrected chi connectivity index (χ1v) is 8.41. The molecule has 0 atom stereocenters. The Morgan fingerprint density at radius 1 is 1.17 bits per heavy atom. The maximum Gasteiger partial charge on any atom is 0.0160 e. The van der Waals surface area contributed by atoms with Crippen LogP contribution in [0.3, 0.4) is 0 Å². The second-order valence-electron chi connectivity index (χ2n) is 5.06. The van der Waals surface area contributed by atoms with Crippen LogP contribution in [-0.2, 0) is 0 Å². The Kier molecular flexibility index (Phi) is 9.11. The van der Waals surface area contributed by atoms with E-state index in [1.165, 1.54) is 44.9 Å². The average molecular weight is 264 g/mol. The molecule has 0 aliphatic heterocycles. The van der Waals surface area contributed by atoms with Crippen LogP contribution in [0.2, 0.25) is 0 Å². The van der Waals surface area contributed by atoms with Crippen LogP contribution in [-0.4, -0.2) is 5.75 Å². The van der Waals surface area contributed by atoms with Gasteiger partial charge in [0.05, 0.1) is 0 Å². The van der Waals surface area contributed by atoms with E-state index < -0.39 is 0 Å². The quantitative estimate of drug-likeness (QED) is 0.476. The lowest BCUT2D eigenvalue weighted by atomic mass is 10.0. The fourth-order valence-corrected chi connectivity index (χ4v) is 3.44. The standard InChI is InChI=1S/C17H28S/c1-3-5-6-9-15-18-17(4-2)14-10-13-16-11-7-8-12-16/h3-6,9,16H,7-8,10-15H2,1-2H3/b5-3-,9-6-,17-4-. The lowest BCUT2D eigenvalue weighted by molar-refractivity contribution is 0.485. The second kappa shape index (κ2) is 10.5. The summed E-state index contributed by atoms with van der Waals surface area (Å²) in [6.07, 6.45) is 20.9. The summed E-state index contributed by atoms with van der Waals surface area (Å²) in [6, 6.07) is 0. The highest BCUT2D eigenvalue weighted by Crippen LogP contribution is 2.30. The van der Waals surface area contributed by atoms with Crippen molar-refractivity contribution in [2.75, 3.05) is 5.75 Å². The van der Waals surface area contributed by atoms with Crippen LogP contribution < -0.4 is 0 Å². The molecule has 0 N–H and O–H groups in total. The first-order valence-electron chi connectivity index (χ1n) is 7.42. The van der Waals surface area contributed by atoms with Crippen LogP contribution in [0.15, 0.2) is 35.3 Å². The predicted octanol–water partition coefficient (Wildman–Crippen LogP) is 6.12. The molecule has 0 bridgehead atoms. The van der Waals surface area contributed by atoms with Crippen molar-refractivity contribution in [1.82, 2.24) is 0 Å². The van der Waals surface area contributed by atoms with E-state index in [0.717, 1.165) is 11.7 Å². The number of allylic oxidation sites excluding steroid dienone is 5.